The highest BCUT2D eigenvalue weighted by Gasteiger charge is 2.13. The lowest BCUT2D eigenvalue weighted by Crippen LogP contribution is -1.98. The summed E-state index contributed by atoms with van der Waals surface area (Å²) in [5, 5.41) is 0. The molecule has 74 valence electrons. The summed E-state index contributed by atoms with van der Waals surface area (Å²) < 4.78 is 0. The van der Waals surface area contributed by atoms with Crippen LogP contribution in [0.25, 0.3) is 0 Å². The molecule has 0 aliphatic carbocycles. The Morgan fingerprint density at radius 1 is 1.50 bits per heavy atom. The van der Waals surface area contributed by atoms with Crippen molar-refractivity contribution in [3.8, 4) is 0 Å². The number of carbonyl (C=O) groups excluding carboxylic acids is 1. The second-order valence-electron chi connectivity index (χ2n) is 3.59. The van der Waals surface area contributed by atoms with E-state index in [2.05, 4.69) is 12.1 Å². The van der Waals surface area contributed by atoms with E-state index < -0.39 is 0 Å². The molecule has 1 aromatic rings. The van der Waals surface area contributed by atoms with Crippen molar-refractivity contribution in [2.45, 2.75) is 31.1 Å². The molecular formula is C12H14OS. The average molecular weight is 206 g/mol. The highest BCUT2D eigenvalue weighted by Crippen LogP contribution is 2.32. The van der Waals surface area contributed by atoms with E-state index in [0.717, 1.165) is 18.4 Å². The summed E-state index contributed by atoms with van der Waals surface area (Å²) >= 11 is 1.87. The van der Waals surface area contributed by atoms with Gasteiger partial charge in [-0.15, -0.1) is 11.8 Å². The lowest BCUT2D eigenvalue weighted by Gasteiger charge is -2.02. The topological polar surface area (TPSA) is 17.1 Å². The monoisotopic (exact) mass is 206 g/mol. The van der Waals surface area contributed by atoms with Crippen LogP contribution in [0.3, 0.4) is 0 Å². The van der Waals surface area contributed by atoms with E-state index in [-0.39, 0.29) is 5.78 Å². The van der Waals surface area contributed by atoms with Gasteiger partial charge in [-0.2, -0.15) is 0 Å². The molecule has 1 aliphatic heterocycles. The summed E-state index contributed by atoms with van der Waals surface area (Å²) in [6, 6.07) is 6.14. The molecule has 1 aliphatic rings. The van der Waals surface area contributed by atoms with Gasteiger partial charge in [0.05, 0.1) is 0 Å². The zero-order chi connectivity index (χ0) is 9.97. The zero-order valence-electron chi connectivity index (χ0n) is 8.38. The predicted molar refractivity (Wildman–Crippen MR) is 60.1 cm³/mol. The molecule has 0 spiro atoms. The molecule has 0 atom stereocenters. The van der Waals surface area contributed by atoms with Crippen LogP contribution in [0.5, 0.6) is 0 Å². The van der Waals surface area contributed by atoms with Gasteiger partial charge in [-0.1, -0.05) is 19.1 Å². The summed E-state index contributed by atoms with van der Waals surface area (Å²) in [4.78, 5) is 12.9. The van der Waals surface area contributed by atoms with Gasteiger partial charge >= 0.3 is 0 Å². The van der Waals surface area contributed by atoms with Gasteiger partial charge in [0.25, 0.3) is 0 Å². The number of hydrogen-bond donors (Lipinski definition) is 0. The van der Waals surface area contributed by atoms with Gasteiger partial charge < -0.3 is 0 Å². The van der Waals surface area contributed by atoms with Gasteiger partial charge in [0.15, 0.2) is 5.78 Å². The summed E-state index contributed by atoms with van der Waals surface area (Å²) in [5.74, 6) is 1.45. The van der Waals surface area contributed by atoms with Gasteiger partial charge in [-0.3, -0.25) is 4.79 Å². The quantitative estimate of drug-likeness (QED) is 0.706. The molecule has 0 amide bonds. The van der Waals surface area contributed by atoms with Crippen LogP contribution in [0.15, 0.2) is 23.1 Å². The Balaban J connectivity index is 2.24. The van der Waals surface area contributed by atoms with E-state index in [1.807, 2.05) is 24.8 Å². The molecule has 1 aromatic carbocycles. The lowest BCUT2D eigenvalue weighted by molar-refractivity contribution is 0.0981. The number of Topliss-reactive ketones (excluding diaryl/α,β-unsaturated/α-hetero) is 1. The van der Waals surface area contributed by atoms with Crippen LogP contribution in [0.4, 0.5) is 0 Å². The SMILES string of the molecule is CCCC(=O)c1ccc2c(c1)SCC2. The van der Waals surface area contributed by atoms with Crippen molar-refractivity contribution < 1.29 is 4.79 Å². The third-order valence-corrected chi connectivity index (χ3v) is 3.59. The molecule has 0 fully saturated rings. The van der Waals surface area contributed by atoms with Crippen LogP contribution in [-0.4, -0.2) is 11.5 Å². The van der Waals surface area contributed by atoms with Gasteiger partial charge in [0, 0.05) is 22.6 Å². The Hall–Kier alpha value is -0.760. The minimum Gasteiger partial charge on any atom is -0.294 e. The molecule has 14 heavy (non-hydrogen) atoms. The van der Waals surface area contributed by atoms with E-state index in [1.165, 1.54) is 16.2 Å². The fraction of sp³-hybridized carbons (Fsp3) is 0.417. The van der Waals surface area contributed by atoms with E-state index in [1.54, 1.807) is 0 Å². The van der Waals surface area contributed by atoms with Gasteiger partial charge in [-0.25, -0.2) is 0 Å². The second kappa shape index (κ2) is 4.18. The summed E-state index contributed by atoms with van der Waals surface area (Å²) in [7, 11) is 0. The second-order valence-corrected chi connectivity index (χ2v) is 4.73. The minimum atomic E-state index is 0.280. The Morgan fingerprint density at radius 3 is 3.14 bits per heavy atom. The van der Waals surface area contributed by atoms with Crippen molar-refractivity contribution in [2.24, 2.45) is 0 Å². The fourth-order valence-corrected chi connectivity index (χ4v) is 2.82. The number of benzene rings is 1. The van der Waals surface area contributed by atoms with Crippen molar-refractivity contribution in [2.75, 3.05) is 5.75 Å². The normalized spacial score (nSPS) is 14.1. The Morgan fingerprint density at radius 2 is 2.36 bits per heavy atom. The first kappa shape index (κ1) is 9.78. The molecule has 0 N–H and O–H groups in total. The van der Waals surface area contributed by atoms with Gasteiger partial charge in [0.2, 0.25) is 0 Å². The lowest BCUT2D eigenvalue weighted by atomic mass is 10.0. The number of thioether (sulfide) groups is 1. The van der Waals surface area contributed by atoms with E-state index in [9.17, 15) is 4.79 Å². The summed E-state index contributed by atoms with van der Waals surface area (Å²) in [6.45, 7) is 2.04. The number of aryl methyl sites for hydroxylation is 1. The number of carbonyl (C=O) groups is 1. The first-order valence-electron chi connectivity index (χ1n) is 5.10. The van der Waals surface area contributed by atoms with Gasteiger partial charge in [0.1, 0.15) is 0 Å². The van der Waals surface area contributed by atoms with Gasteiger partial charge in [-0.05, 0) is 24.5 Å². The summed E-state index contributed by atoms with van der Waals surface area (Å²) in [6.07, 6.45) is 2.76. The number of ketones is 1. The smallest absolute Gasteiger partial charge is 0.162 e. The number of fused-ring (bicyclic) bond motifs is 1. The van der Waals surface area contributed by atoms with Crippen LogP contribution in [0, 0.1) is 0 Å². The zero-order valence-corrected chi connectivity index (χ0v) is 9.19. The maximum atomic E-state index is 11.6. The Bertz CT molecular complexity index is 357. The van der Waals surface area contributed by atoms with E-state index >= 15 is 0 Å². The van der Waals surface area contributed by atoms with Crippen LogP contribution in [0.2, 0.25) is 0 Å². The highest BCUT2D eigenvalue weighted by molar-refractivity contribution is 7.99. The molecule has 0 saturated carbocycles. The van der Waals surface area contributed by atoms with Crippen LogP contribution < -0.4 is 0 Å². The number of hydrogen-bond acceptors (Lipinski definition) is 2. The molecule has 0 aromatic heterocycles. The van der Waals surface area contributed by atoms with Crippen molar-refractivity contribution in [3.05, 3.63) is 29.3 Å². The Labute approximate surface area is 88.9 Å². The number of rotatable bonds is 3. The van der Waals surface area contributed by atoms with Crippen molar-refractivity contribution in [1.29, 1.82) is 0 Å². The van der Waals surface area contributed by atoms with E-state index in [0.29, 0.717) is 6.42 Å². The first-order chi connectivity index (χ1) is 6.81. The van der Waals surface area contributed by atoms with Crippen LogP contribution in [-0.2, 0) is 6.42 Å². The molecular weight excluding hydrogens is 192 g/mol. The Kier molecular flexibility index (Phi) is 2.92. The fourth-order valence-electron chi connectivity index (χ4n) is 1.71. The molecule has 0 radical (unpaired) electrons. The van der Waals surface area contributed by atoms with Crippen LogP contribution in [0.1, 0.15) is 35.7 Å². The third kappa shape index (κ3) is 1.85. The molecule has 2 heteroatoms. The molecule has 0 unspecified atom stereocenters. The summed E-state index contributed by atoms with van der Waals surface area (Å²) in [5.41, 5.74) is 2.29. The molecule has 1 heterocycles. The largest absolute Gasteiger partial charge is 0.294 e. The standard InChI is InChI=1S/C12H14OS/c1-2-3-11(13)10-5-4-9-6-7-14-12(9)8-10/h4-5,8H,2-3,6-7H2,1H3. The molecule has 0 saturated heterocycles. The maximum absolute atomic E-state index is 11.6. The van der Waals surface area contributed by atoms with Crippen LogP contribution >= 0.6 is 11.8 Å². The van der Waals surface area contributed by atoms with E-state index in [4.69, 9.17) is 0 Å². The average Bonchev–Trinajstić information content (AvgIpc) is 2.64. The highest BCUT2D eigenvalue weighted by atomic mass is 32.2. The predicted octanol–water partition coefficient (Wildman–Crippen LogP) is 3.32. The molecule has 0 bridgehead atoms. The molecule has 1 nitrogen and oxygen atoms in total. The van der Waals surface area contributed by atoms with Crippen molar-refractivity contribution >= 4 is 17.5 Å². The van der Waals surface area contributed by atoms with Crippen molar-refractivity contribution in [1.82, 2.24) is 0 Å². The van der Waals surface area contributed by atoms with Crippen molar-refractivity contribution in [3.63, 3.8) is 0 Å². The third-order valence-electron chi connectivity index (χ3n) is 2.50. The minimum absolute atomic E-state index is 0.280. The first-order valence-corrected chi connectivity index (χ1v) is 6.08. The maximum Gasteiger partial charge on any atom is 0.162 e. The molecule has 2 rings (SSSR count).